The van der Waals surface area contributed by atoms with Crippen LogP contribution in [0.2, 0.25) is 0 Å². The molecule has 1 aromatic heterocycles. The number of aliphatic hydroxyl groups is 1. The van der Waals surface area contributed by atoms with Gasteiger partial charge in [-0.2, -0.15) is 11.8 Å². The number of nitrogens with one attached hydrogen (secondary N) is 1. The first-order valence-electron chi connectivity index (χ1n) is 6.89. The Kier molecular flexibility index (Phi) is 5.17. The van der Waals surface area contributed by atoms with Crippen molar-refractivity contribution in [2.45, 2.75) is 50.3 Å². The van der Waals surface area contributed by atoms with E-state index in [1.54, 1.807) is 24.0 Å². The molecule has 0 aliphatic heterocycles. The molecule has 0 bridgehead atoms. The van der Waals surface area contributed by atoms with E-state index in [1.807, 2.05) is 11.5 Å². The molecule has 0 amide bonds. The van der Waals surface area contributed by atoms with Gasteiger partial charge in [-0.1, -0.05) is 6.92 Å². The van der Waals surface area contributed by atoms with Crippen LogP contribution in [-0.2, 0) is 16.6 Å². The molecule has 1 aliphatic carbocycles. The molecular formula is C13H22N2O3S2. The third-order valence-electron chi connectivity index (χ3n) is 3.25. The third kappa shape index (κ3) is 3.78. The number of hydrogen-bond acceptors (Lipinski definition) is 4. The summed E-state index contributed by atoms with van der Waals surface area (Å²) in [5.74, 6) is 1.73. The minimum atomic E-state index is -3.50. The predicted octanol–water partition coefficient (Wildman–Crippen LogP) is 1.74. The molecule has 2 rings (SSSR count). The molecule has 114 valence electrons. The molecule has 0 spiro atoms. The van der Waals surface area contributed by atoms with Gasteiger partial charge < -0.3 is 9.67 Å². The fourth-order valence-corrected chi connectivity index (χ4v) is 4.20. The van der Waals surface area contributed by atoms with E-state index in [4.69, 9.17) is 0 Å². The number of aromatic nitrogens is 1. The molecule has 1 atom stereocenters. The third-order valence-corrected chi connectivity index (χ3v) is 5.95. The molecule has 1 heterocycles. The van der Waals surface area contributed by atoms with Crippen LogP contribution in [0.4, 0.5) is 0 Å². The molecule has 1 unspecified atom stereocenters. The van der Waals surface area contributed by atoms with Gasteiger partial charge in [0.25, 0.3) is 0 Å². The van der Waals surface area contributed by atoms with Gasteiger partial charge in [-0.15, -0.1) is 0 Å². The lowest BCUT2D eigenvalue weighted by atomic mass is 10.4. The van der Waals surface area contributed by atoms with E-state index in [9.17, 15) is 13.5 Å². The van der Waals surface area contributed by atoms with E-state index in [2.05, 4.69) is 11.6 Å². The quantitative estimate of drug-likeness (QED) is 0.766. The summed E-state index contributed by atoms with van der Waals surface area (Å²) in [4.78, 5) is 0.252. The topological polar surface area (TPSA) is 71.3 Å². The Balaban J connectivity index is 2.12. The van der Waals surface area contributed by atoms with Crippen LogP contribution in [-0.4, -0.2) is 35.6 Å². The Morgan fingerprint density at radius 3 is 2.80 bits per heavy atom. The van der Waals surface area contributed by atoms with Crippen molar-refractivity contribution < 1.29 is 13.5 Å². The lowest BCUT2D eigenvalue weighted by Gasteiger charge is -2.12. The molecule has 1 aliphatic rings. The van der Waals surface area contributed by atoms with Gasteiger partial charge in [0.15, 0.2) is 0 Å². The highest BCUT2D eigenvalue weighted by Gasteiger charge is 2.28. The van der Waals surface area contributed by atoms with Crippen LogP contribution < -0.4 is 4.72 Å². The smallest absolute Gasteiger partial charge is 0.242 e. The largest absolute Gasteiger partial charge is 0.390 e. The van der Waals surface area contributed by atoms with Crippen LogP contribution in [0.1, 0.15) is 38.4 Å². The summed E-state index contributed by atoms with van der Waals surface area (Å²) in [5.41, 5.74) is 0.670. The molecule has 5 nitrogen and oxygen atoms in total. The van der Waals surface area contributed by atoms with Crippen LogP contribution in [0.25, 0.3) is 0 Å². The Bertz CT molecular complexity index is 550. The lowest BCUT2D eigenvalue weighted by molar-refractivity contribution is 0.270. The molecule has 20 heavy (non-hydrogen) atoms. The second-order valence-corrected chi connectivity index (χ2v) is 8.18. The van der Waals surface area contributed by atoms with Gasteiger partial charge >= 0.3 is 0 Å². The summed E-state index contributed by atoms with van der Waals surface area (Å²) in [6, 6.07) is 1.82. The number of hydrogen-bond donors (Lipinski definition) is 2. The number of rotatable bonds is 8. The van der Waals surface area contributed by atoms with Crippen LogP contribution in [0.5, 0.6) is 0 Å². The molecule has 0 aromatic carbocycles. The lowest BCUT2D eigenvalue weighted by Crippen LogP contribution is -2.34. The zero-order valence-corrected chi connectivity index (χ0v) is 13.5. The second-order valence-electron chi connectivity index (χ2n) is 5.15. The Morgan fingerprint density at radius 2 is 2.25 bits per heavy atom. The van der Waals surface area contributed by atoms with Crippen molar-refractivity contribution in [2.24, 2.45) is 0 Å². The van der Waals surface area contributed by atoms with E-state index < -0.39 is 10.0 Å². The standard InChI is InChI=1S/C13H22N2O3S2/c1-3-19-9-10(2)14-20(17,18)13-6-12(8-16)15(7-13)11-4-5-11/h6-7,10-11,14,16H,3-5,8-9H2,1-2H3. The summed E-state index contributed by atoms with van der Waals surface area (Å²) >= 11 is 1.71. The molecular weight excluding hydrogens is 296 g/mol. The summed E-state index contributed by atoms with van der Waals surface area (Å²) in [7, 11) is -3.50. The monoisotopic (exact) mass is 318 g/mol. The van der Waals surface area contributed by atoms with Gasteiger partial charge in [-0.25, -0.2) is 13.1 Å². The van der Waals surface area contributed by atoms with Gasteiger partial charge in [0.2, 0.25) is 10.0 Å². The van der Waals surface area contributed by atoms with Crippen LogP contribution in [0, 0.1) is 0 Å². The molecule has 0 radical (unpaired) electrons. The summed E-state index contributed by atoms with van der Waals surface area (Å²) in [6.07, 6.45) is 3.75. The molecule has 1 saturated carbocycles. The Labute approximate surface area is 124 Å². The molecule has 2 N–H and O–H groups in total. The van der Waals surface area contributed by atoms with Gasteiger partial charge in [0.05, 0.1) is 11.5 Å². The van der Waals surface area contributed by atoms with E-state index in [0.717, 1.165) is 24.3 Å². The van der Waals surface area contributed by atoms with Crippen LogP contribution >= 0.6 is 11.8 Å². The van der Waals surface area contributed by atoms with Crippen LogP contribution in [0.3, 0.4) is 0 Å². The number of thioether (sulfide) groups is 1. The van der Waals surface area contributed by atoms with E-state index >= 15 is 0 Å². The van der Waals surface area contributed by atoms with Gasteiger partial charge in [-0.3, -0.25) is 0 Å². The average molecular weight is 318 g/mol. The maximum absolute atomic E-state index is 12.3. The Hall–Kier alpha value is -0.500. The highest BCUT2D eigenvalue weighted by Crippen LogP contribution is 2.37. The first-order chi connectivity index (χ1) is 9.47. The molecule has 0 saturated heterocycles. The summed E-state index contributed by atoms with van der Waals surface area (Å²) < 4.78 is 29.2. The zero-order chi connectivity index (χ0) is 14.8. The summed E-state index contributed by atoms with van der Waals surface area (Å²) in [5, 5.41) is 9.33. The molecule has 1 aromatic rings. The Morgan fingerprint density at radius 1 is 1.55 bits per heavy atom. The number of nitrogens with zero attached hydrogens (tertiary/aromatic N) is 1. The van der Waals surface area contributed by atoms with Crippen molar-refractivity contribution in [3.05, 3.63) is 18.0 Å². The fraction of sp³-hybridized carbons (Fsp3) is 0.692. The zero-order valence-electron chi connectivity index (χ0n) is 11.9. The fourth-order valence-electron chi connectivity index (χ4n) is 2.12. The van der Waals surface area contributed by atoms with Crippen molar-refractivity contribution >= 4 is 21.8 Å². The van der Waals surface area contributed by atoms with E-state index in [0.29, 0.717) is 11.7 Å². The number of sulfonamides is 1. The van der Waals surface area contributed by atoms with Crippen molar-refractivity contribution in [2.75, 3.05) is 11.5 Å². The SMILES string of the molecule is CCSCC(C)NS(=O)(=O)c1cc(CO)n(C2CC2)c1. The van der Waals surface area contributed by atoms with Crippen molar-refractivity contribution in [3.8, 4) is 0 Å². The van der Waals surface area contributed by atoms with Crippen molar-refractivity contribution in [1.29, 1.82) is 0 Å². The minimum Gasteiger partial charge on any atom is -0.390 e. The molecule has 7 heteroatoms. The highest BCUT2D eigenvalue weighted by atomic mass is 32.2. The van der Waals surface area contributed by atoms with Gasteiger partial charge in [-0.05, 0) is 31.6 Å². The maximum Gasteiger partial charge on any atom is 0.242 e. The maximum atomic E-state index is 12.3. The van der Waals surface area contributed by atoms with Crippen molar-refractivity contribution in [1.82, 2.24) is 9.29 Å². The van der Waals surface area contributed by atoms with Gasteiger partial charge in [0.1, 0.15) is 0 Å². The molecule has 1 fully saturated rings. The van der Waals surface area contributed by atoms with Crippen molar-refractivity contribution in [3.63, 3.8) is 0 Å². The normalized spacial score (nSPS) is 17.4. The van der Waals surface area contributed by atoms with E-state index in [-0.39, 0.29) is 17.5 Å². The summed E-state index contributed by atoms with van der Waals surface area (Å²) in [6.45, 7) is 3.79. The van der Waals surface area contributed by atoms with Gasteiger partial charge in [0, 0.05) is 29.7 Å². The van der Waals surface area contributed by atoms with Crippen LogP contribution in [0.15, 0.2) is 17.2 Å². The average Bonchev–Trinajstić information content (AvgIpc) is 3.14. The number of aliphatic hydroxyl groups excluding tert-OH is 1. The van der Waals surface area contributed by atoms with E-state index in [1.165, 1.54) is 0 Å². The predicted molar refractivity (Wildman–Crippen MR) is 81.4 cm³/mol. The second kappa shape index (κ2) is 6.51. The first-order valence-corrected chi connectivity index (χ1v) is 9.53. The first kappa shape index (κ1) is 15.9. The minimum absolute atomic E-state index is 0.105. The highest BCUT2D eigenvalue weighted by molar-refractivity contribution is 7.99.